The fourth-order valence-corrected chi connectivity index (χ4v) is 0. The average Bonchev–Trinajstić information content (AvgIpc) is 0.722. The Morgan fingerprint density at radius 3 is 1.14 bits per heavy atom. The summed E-state index contributed by atoms with van der Waals surface area (Å²) in [5.41, 5.74) is 0. The van der Waals surface area contributed by atoms with E-state index in [1.165, 1.54) is 0 Å². The molecule has 0 aliphatic rings. The van der Waals surface area contributed by atoms with Gasteiger partial charge in [-0.15, -0.1) is 0 Å². The van der Waals surface area contributed by atoms with E-state index in [-0.39, 0.29) is 77.7 Å². The molecular formula is H2O4RbSZn+3. The Morgan fingerprint density at radius 1 is 1.14 bits per heavy atom. The van der Waals surface area contributed by atoms with Crippen LogP contribution >= 0.6 is 0 Å². The summed E-state index contributed by atoms with van der Waals surface area (Å²) >= 11 is 0. The molecule has 0 aliphatic heterocycles. The van der Waals surface area contributed by atoms with Gasteiger partial charge in [0.2, 0.25) is 0 Å². The summed E-state index contributed by atoms with van der Waals surface area (Å²) in [6.45, 7) is 0. The summed E-state index contributed by atoms with van der Waals surface area (Å²) in [5.74, 6) is 0. The molecule has 0 amide bonds. The molecule has 32 valence electrons. The first-order valence-corrected chi connectivity index (χ1v) is 2.10. The molecular weight excluding hydrogens is 247 g/mol. The van der Waals surface area contributed by atoms with Gasteiger partial charge in [-0.25, -0.2) is 0 Å². The van der Waals surface area contributed by atoms with Crippen molar-refractivity contribution < 1.29 is 95.2 Å². The van der Waals surface area contributed by atoms with Gasteiger partial charge in [0.1, 0.15) is 0 Å². The summed E-state index contributed by atoms with van der Waals surface area (Å²) in [6.07, 6.45) is 0. The van der Waals surface area contributed by atoms with Crippen molar-refractivity contribution in [3.8, 4) is 0 Å². The molecule has 7 heavy (non-hydrogen) atoms. The molecule has 0 saturated heterocycles. The van der Waals surface area contributed by atoms with E-state index in [1.807, 2.05) is 0 Å². The molecule has 7 heteroatoms. The first-order valence-electron chi connectivity index (χ1n) is 0.698. The van der Waals surface area contributed by atoms with Gasteiger partial charge >= 0.3 is 88.1 Å². The van der Waals surface area contributed by atoms with Gasteiger partial charge in [-0.1, -0.05) is 0 Å². The predicted molar refractivity (Wildman–Crippen MR) is 14.2 cm³/mol. The first kappa shape index (κ1) is 16.1. The molecule has 0 rings (SSSR count). The van der Waals surface area contributed by atoms with E-state index in [1.54, 1.807) is 0 Å². The van der Waals surface area contributed by atoms with Crippen molar-refractivity contribution in [2.75, 3.05) is 0 Å². The van der Waals surface area contributed by atoms with Gasteiger partial charge in [0.25, 0.3) is 0 Å². The van der Waals surface area contributed by atoms with Gasteiger partial charge in [-0.2, -0.15) is 8.42 Å². The summed E-state index contributed by atoms with van der Waals surface area (Å²) in [4.78, 5) is 0. The Balaban J connectivity index is -0.0000000800. The molecule has 0 unspecified atom stereocenters. The predicted octanol–water partition coefficient (Wildman–Crippen LogP) is -3.65. The van der Waals surface area contributed by atoms with Crippen LogP contribution in [0.25, 0.3) is 0 Å². The van der Waals surface area contributed by atoms with Gasteiger partial charge in [0, 0.05) is 0 Å². The number of hydrogen-bond acceptors (Lipinski definition) is 2. The summed E-state index contributed by atoms with van der Waals surface area (Å²) in [5, 5.41) is 0. The van der Waals surface area contributed by atoms with Crippen LogP contribution in [0.15, 0.2) is 0 Å². The van der Waals surface area contributed by atoms with Gasteiger partial charge < -0.3 is 0 Å². The molecule has 0 saturated carbocycles. The minimum absolute atomic E-state index is 0. The average molecular weight is 249 g/mol. The molecule has 0 radical (unpaired) electrons. The molecule has 0 atom stereocenters. The molecule has 0 aromatic heterocycles. The van der Waals surface area contributed by atoms with Gasteiger partial charge in [0.05, 0.1) is 0 Å². The van der Waals surface area contributed by atoms with Gasteiger partial charge in [-0.3, -0.25) is 9.11 Å². The Kier molecular flexibility index (Phi) is 14.8. The monoisotopic (exact) mass is 247 g/mol. The summed E-state index contributed by atoms with van der Waals surface area (Å²) < 4.78 is 31.6. The summed E-state index contributed by atoms with van der Waals surface area (Å²) in [7, 11) is -4.67. The minimum Gasteiger partial charge on any atom is -0.264 e. The molecule has 4 nitrogen and oxygen atoms in total. The van der Waals surface area contributed by atoms with Crippen LogP contribution in [0.5, 0.6) is 0 Å². The van der Waals surface area contributed by atoms with Crippen LogP contribution in [0.4, 0.5) is 0 Å². The van der Waals surface area contributed by atoms with Gasteiger partial charge in [-0.05, 0) is 0 Å². The van der Waals surface area contributed by atoms with Crippen LogP contribution in [0.1, 0.15) is 0 Å². The van der Waals surface area contributed by atoms with Crippen LogP contribution in [0.2, 0.25) is 0 Å². The maximum absolute atomic E-state index is 8.74. The minimum atomic E-state index is -4.67. The topological polar surface area (TPSA) is 74.6 Å². The van der Waals surface area contributed by atoms with Crippen molar-refractivity contribution in [3.63, 3.8) is 0 Å². The van der Waals surface area contributed by atoms with Crippen LogP contribution in [0, 0.1) is 0 Å². The van der Waals surface area contributed by atoms with Crippen LogP contribution in [0.3, 0.4) is 0 Å². The third-order valence-corrected chi connectivity index (χ3v) is 0. The quantitative estimate of drug-likeness (QED) is 0.343. The Hall–Kier alpha value is 2.30. The zero-order valence-electron chi connectivity index (χ0n) is 3.83. The van der Waals surface area contributed by atoms with E-state index in [0.717, 1.165) is 0 Å². The first-order chi connectivity index (χ1) is 2.00. The molecule has 0 bridgehead atoms. The van der Waals surface area contributed by atoms with Crippen molar-refractivity contribution in [2.24, 2.45) is 0 Å². The molecule has 0 aliphatic carbocycles. The molecule has 0 heterocycles. The van der Waals surface area contributed by atoms with E-state index >= 15 is 0 Å². The number of hydrogen-bond donors (Lipinski definition) is 2. The zero-order valence-corrected chi connectivity index (χ0v) is 12.5. The van der Waals surface area contributed by atoms with Crippen molar-refractivity contribution in [1.82, 2.24) is 0 Å². The molecule has 0 aromatic rings. The molecule has 0 spiro atoms. The second-order valence-electron chi connectivity index (χ2n) is 0.448. The maximum atomic E-state index is 8.74. The summed E-state index contributed by atoms with van der Waals surface area (Å²) in [6, 6.07) is 0. The second-order valence-corrected chi connectivity index (χ2v) is 1.34. The van der Waals surface area contributed by atoms with E-state index < -0.39 is 10.4 Å². The zero-order chi connectivity index (χ0) is 4.50. The Morgan fingerprint density at radius 2 is 1.14 bits per heavy atom. The van der Waals surface area contributed by atoms with Crippen molar-refractivity contribution in [1.29, 1.82) is 0 Å². The van der Waals surface area contributed by atoms with Crippen molar-refractivity contribution in [3.05, 3.63) is 0 Å². The van der Waals surface area contributed by atoms with E-state index in [2.05, 4.69) is 0 Å². The van der Waals surface area contributed by atoms with Crippen LogP contribution in [-0.4, -0.2) is 17.5 Å². The largest absolute Gasteiger partial charge is 2.00 e. The maximum Gasteiger partial charge on any atom is 2.00 e. The normalized spacial score (nSPS) is 8.29. The van der Waals surface area contributed by atoms with Crippen LogP contribution < -0.4 is 58.2 Å². The van der Waals surface area contributed by atoms with Crippen molar-refractivity contribution in [2.45, 2.75) is 0 Å². The van der Waals surface area contributed by atoms with Gasteiger partial charge in [0.15, 0.2) is 0 Å². The smallest absolute Gasteiger partial charge is 0.264 e. The van der Waals surface area contributed by atoms with Crippen LogP contribution in [-0.2, 0) is 29.9 Å². The Labute approximate surface area is 103 Å². The number of rotatable bonds is 0. The standard InChI is InChI=1S/H2O4S.Rb.Zn/c1-5(2,3)4;;/h(H2,1,2,3,4);;/q;+1;+2. The van der Waals surface area contributed by atoms with E-state index in [4.69, 9.17) is 17.5 Å². The third kappa shape index (κ3) is 62.3. The van der Waals surface area contributed by atoms with Crippen molar-refractivity contribution >= 4 is 10.4 Å². The Bertz CT molecular complexity index is 94.9. The van der Waals surface area contributed by atoms with E-state index in [9.17, 15) is 0 Å². The molecule has 0 aromatic carbocycles. The third-order valence-electron chi connectivity index (χ3n) is 0. The second kappa shape index (κ2) is 6.42. The fraction of sp³-hybridized carbons (Fsp3) is 0. The van der Waals surface area contributed by atoms with E-state index in [0.29, 0.717) is 0 Å². The SMILES string of the molecule is O=S(=O)(O)O.[Rb+].[Zn+2]. The fourth-order valence-electron chi connectivity index (χ4n) is 0. The molecule has 2 N–H and O–H groups in total. The molecule has 0 fully saturated rings.